The van der Waals surface area contributed by atoms with Crippen molar-refractivity contribution in [2.45, 2.75) is 25.8 Å². The minimum atomic E-state index is -3.72. The summed E-state index contributed by atoms with van der Waals surface area (Å²) >= 11 is 0. The van der Waals surface area contributed by atoms with Crippen LogP contribution in [0.3, 0.4) is 0 Å². The maximum atomic E-state index is 12.5. The van der Waals surface area contributed by atoms with E-state index in [4.69, 9.17) is 9.56 Å². The lowest BCUT2D eigenvalue weighted by Crippen LogP contribution is -2.48. The zero-order valence-corrected chi connectivity index (χ0v) is 13.5. The summed E-state index contributed by atoms with van der Waals surface area (Å²) in [6.07, 6.45) is 1.03. The lowest BCUT2D eigenvalue weighted by atomic mass is 10.1. The summed E-state index contributed by atoms with van der Waals surface area (Å²) in [5.74, 6) is 0.0330. The van der Waals surface area contributed by atoms with Crippen LogP contribution < -0.4 is 9.86 Å². The SMILES string of the molecule is Cc1ccc2oc(C(=O)N3CCC(NS(N)(=O)=O)CC3)cc2n1. The van der Waals surface area contributed by atoms with Crippen LogP contribution in [-0.2, 0) is 10.2 Å². The van der Waals surface area contributed by atoms with Crippen LogP contribution in [0.15, 0.2) is 22.6 Å². The first-order valence-corrected chi connectivity index (χ1v) is 8.83. The molecule has 0 atom stereocenters. The molecule has 3 rings (SSSR count). The van der Waals surface area contributed by atoms with E-state index in [1.807, 2.05) is 13.0 Å². The number of furan rings is 1. The summed E-state index contributed by atoms with van der Waals surface area (Å²) in [7, 11) is -3.72. The molecular weight excluding hydrogens is 320 g/mol. The Morgan fingerprint density at radius 1 is 1.39 bits per heavy atom. The fourth-order valence-electron chi connectivity index (χ4n) is 2.72. The lowest BCUT2D eigenvalue weighted by molar-refractivity contribution is 0.0681. The number of amides is 1. The fraction of sp³-hybridized carbons (Fsp3) is 0.429. The Kier molecular flexibility index (Phi) is 4.09. The summed E-state index contributed by atoms with van der Waals surface area (Å²) in [6.45, 7) is 2.75. The van der Waals surface area contributed by atoms with Gasteiger partial charge in [0.2, 0.25) is 0 Å². The van der Waals surface area contributed by atoms with Crippen molar-refractivity contribution in [1.29, 1.82) is 0 Å². The molecule has 0 bridgehead atoms. The number of nitrogens with two attached hydrogens (primary N) is 1. The third-order valence-corrected chi connectivity index (χ3v) is 4.50. The van der Waals surface area contributed by atoms with Crippen LogP contribution in [0.25, 0.3) is 11.1 Å². The van der Waals surface area contributed by atoms with E-state index in [-0.39, 0.29) is 17.7 Å². The predicted molar refractivity (Wildman–Crippen MR) is 83.9 cm³/mol. The van der Waals surface area contributed by atoms with Gasteiger partial charge in [-0.15, -0.1) is 0 Å². The minimum absolute atomic E-state index is 0.213. The predicted octanol–water partition coefficient (Wildman–Crippen LogP) is 0.534. The number of aryl methyl sites for hydroxylation is 1. The topological polar surface area (TPSA) is 119 Å². The minimum Gasteiger partial charge on any atom is -0.449 e. The second-order valence-corrected chi connectivity index (χ2v) is 7.00. The summed E-state index contributed by atoms with van der Waals surface area (Å²) < 4.78 is 30.0. The van der Waals surface area contributed by atoms with Gasteiger partial charge >= 0.3 is 0 Å². The molecule has 0 radical (unpaired) electrons. The Bertz CT molecular complexity index is 838. The van der Waals surface area contributed by atoms with Crippen LogP contribution in [0.5, 0.6) is 0 Å². The number of piperidine rings is 1. The molecule has 3 N–H and O–H groups in total. The molecule has 0 spiro atoms. The van der Waals surface area contributed by atoms with Gasteiger partial charge in [-0.3, -0.25) is 4.79 Å². The highest BCUT2D eigenvalue weighted by Crippen LogP contribution is 2.21. The van der Waals surface area contributed by atoms with E-state index in [0.717, 1.165) is 5.69 Å². The average Bonchev–Trinajstić information content (AvgIpc) is 2.88. The molecule has 1 fully saturated rings. The van der Waals surface area contributed by atoms with E-state index in [2.05, 4.69) is 9.71 Å². The van der Waals surface area contributed by atoms with Gasteiger partial charge in [0.15, 0.2) is 11.3 Å². The van der Waals surface area contributed by atoms with Crippen LogP contribution in [0.1, 0.15) is 29.1 Å². The zero-order valence-electron chi connectivity index (χ0n) is 12.7. The summed E-state index contributed by atoms with van der Waals surface area (Å²) in [5, 5.41) is 4.97. The number of likely N-dealkylation sites (tertiary alicyclic amines) is 1. The molecule has 0 aliphatic carbocycles. The van der Waals surface area contributed by atoms with Crippen molar-refractivity contribution < 1.29 is 17.6 Å². The van der Waals surface area contributed by atoms with Crippen LogP contribution in [-0.4, -0.2) is 43.3 Å². The van der Waals surface area contributed by atoms with E-state index in [1.54, 1.807) is 17.0 Å². The summed E-state index contributed by atoms with van der Waals surface area (Å²) in [4.78, 5) is 18.5. The molecule has 9 heteroatoms. The monoisotopic (exact) mass is 338 g/mol. The molecule has 1 amide bonds. The van der Waals surface area contributed by atoms with Gasteiger partial charge in [0.25, 0.3) is 16.1 Å². The number of hydrogen-bond acceptors (Lipinski definition) is 5. The molecule has 124 valence electrons. The highest BCUT2D eigenvalue weighted by Gasteiger charge is 2.27. The van der Waals surface area contributed by atoms with E-state index in [0.29, 0.717) is 37.0 Å². The third-order valence-electron chi connectivity index (χ3n) is 3.84. The molecule has 1 saturated heterocycles. The molecule has 3 heterocycles. The summed E-state index contributed by atoms with van der Waals surface area (Å²) in [6, 6.07) is 5.01. The van der Waals surface area contributed by atoms with Crippen molar-refractivity contribution >= 4 is 27.2 Å². The number of aromatic nitrogens is 1. The third kappa shape index (κ3) is 3.69. The molecule has 0 unspecified atom stereocenters. The molecule has 2 aromatic heterocycles. The van der Waals surface area contributed by atoms with Crippen LogP contribution in [0.2, 0.25) is 0 Å². The van der Waals surface area contributed by atoms with Gasteiger partial charge in [-0.1, -0.05) is 0 Å². The van der Waals surface area contributed by atoms with Gasteiger partial charge < -0.3 is 9.32 Å². The van der Waals surface area contributed by atoms with Crippen molar-refractivity contribution in [2.24, 2.45) is 5.14 Å². The number of carbonyl (C=O) groups is 1. The Balaban J connectivity index is 1.69. The first kappa shape index (κ1) is 15.9. The Morgan fingerprint density at radius 2 is 2.09 bits per heavy atom. The van der Waals surface area contributed by atoms with Crippen LogP contribution >= 0.6 is 0 Å². The van der Waals surface area contributed by atoms with Crippen molar-refractivity contribution in [1.82, 2.24) is 14.6 Å². The molecular formula is C14H18N4O4S. The van der Waals surface area contributed by atoms with Gasteiger partial charge in [-0.05, 0) is 31.9 Å². The molecule has 0 saturated carbocycles. The molecule has 23 heavy (non-hydrogen) atoms. The van der Waals surface area contributed by atoms with Crippen molar-refractivity contribution in [3.63, 3.8) is 0 Å². The van der Waals surface area contributed by atoms with Gasteiger partial charge in [-0.2, -0.15) is 13.1 Å². The van der Waals surface area contributed by atoms with E-state index in [1.165, 1.54) is 0 Å². The number of nitrogens with one attached hydrogen (secondary N) is 1. The highest BCUT2D eigenvalue weighted by atomic mass is 32.2. The number of pyridine rings is 1. The quantitative estimate of drug-likeness (QED) is 0.846. The zero-order chi connectivity index (χ0) is 16.6. The van der Waals surface area contributed by atoms with Crippen molar-refractivity contribution in [3.05, 3.63) is 29.7 Å². The second-order valence-electron chi connectivity index (χ2n) is 5.68. The Morgan fingerprint density at radius 3 is 2.74 bits per heavy atom. The van der Waals surface area contributed by atoms with Gasteiger partial charge in [0, 0.05) is 30.9 Å². The number of fused-ring (bicyclic) bond motifs is 1. The number of rotatable bonds is 3. The molecule has 8 nitrogen and oxygen atoms in total. The van der Waals surface area contributed by atoms with Crippen LogP contribution in [0.4, 0.5) is 0 Å². The highest BCUT2D eigenvalue weighted by molar-refractivity contribution is 7.87. The largest absolute Gasteiger partial charge is 0.449 e. The Labute approximate surface area is 133 Å². The smallest absolute Gasteiger partial charge is 0.289 e. The Hall–Kier alpha value is -1.97. The van der Waals surface area contributed by atoms with E-state index >= 15 is 0 Å². The molecule has 1 aliphatic rings. The number of carbonyl (C=O) groups excluding carboxylic acids is 1. The van der Waals surface area contributed by atoms with Crippen molar-refractivity contribution in [3.8, 4) is 0 Å². The lowest BCUT2D eigenvalue weighted by Gasteiger charge is -2.31. The van der Waals surface area contributed by atoms with E-state index in [9.17, 15) is 13.2 Å². The normalized spacial score (nSPS) is 16.9. The standard InChI is InChI=1S/C14H18N4O4S/c1-9-2-3-12-11(16-9)8-13(22-12)14(19)18-6-4-10(5-7-18)17-23(15,20)21/h2-3,8,10,17H,4-7H2,1H3,(H2,15,20,21). The first-order chi connectivity index (χ1) is 10.8. The molecule has 0 aromatic carbocycles. The molecule has 1 aliphatic heterocycles. The number of nitrogens with zero attached hydrogens (tertiary/aromatic N) is 2. The second kappa shape index (κ2) is 5.91. The van der Waals surface area contributed by atoms with Crippen LogP contribution in [0, 0.1) is 6.92 Å². The van der Waals surface area contributed by atoms with Gasteiger partial charge in [0.05, 0.1) is 0 Å². The van der Waals surface area contributed by atoms with E-state index < -0.39 is 10.2 Å². The fourth-order valence-corrected chi connectivity index (χ4v) is 3.42. The first-order valence-electron chi connectivity index (χ1n) is 7.28. The van der Waals surface area contributed by atoms with Gasteiger partial charge in [0.1, 0.15) is 5.52 Å². The number of hydrogen-bond donors (Lipinski definition) is 2. The molecule has 2 aromatic rings. The summed E-state index contributed by atoms with van der Waals surface area (Å²) in [5.41, 5.74) is 2.08. The average molecular weight is 338 g/mol. The van der Waals surface area contributed by atoms with Crippen molar-refractivity contribution in [2.75, 3.05) is 13.1 Å². The maximum Gasteiger partial charge on any atom is 0.289 e. The maximum absolute atomic E-state index is 12.5. The van der Waals surface area contributed by atoms with Gasteiger partial charge in [-0.25, -0.2) is 10.1 Å².